The highest BCUT2D eigenvalue weighted by Crippen LogP contribution is 2.46. The summed E-state index contributed by atoms with van der Waals surface area (Å²) in [5, 5.41) is 0. The average Bonchev–Trinajstić information content (AvgIpc) is 2.73. The van der Waals surface area contributed by atoms with Crippen molar-refractivity contribution < 1.29 is 0 Å². The van der Waals surface area contributed by atoms with Crippen molar-refractivity contribution in [3.05, 3.63) is 28.7 Å². The summed E-state index contributed by atoms with van der Waals surface area (Å²) in [6.07, 6.45) is 4.81. The van der Waals surface area contributed by atoms with E-state index in [2.05, 4.69) is 63.9 Å². The fourth-order valence-electron chi connectivity index (χ4n) is 3.38. The van der Waals surface area contributed by atoms with Gasteiger partial charge in [-0.2, -0.15) is 0 Å². The fourth-order valence-corrected chi connectivity index (χ4v) is 3.65. The van der Waals surface area contributed by atoms with Gasteiger partial charge in [0.1, 0.15) is 0 Å². The van der Waals surface area contributed by atoms with Gasteiger partial charge >= 0.3 is 0 Å². The van der Waals surface area contributed by atoms with Crippen LogP contribution in [-0.4, -0.2) is 18.0 Å². The van der Waals surface area contributed by atoms with Crippen LogP contribution in [0.1, 0.15) is 39.5 Å². The zero-order valence-electron chi connectivity index (χ0n) is 12.2. The van der Waals surface area contributed by atoms with Gasteiger partial charge in [-0.05, 0) is 55.4 Å². The standard InChI is InChI=1S/C16H22BrN3/c1-15(2)7-9-16(10-8-15)11-19-14(18)20(16)13-5-3-12(17)4-6-13/h3-6H,7-11H2,1-2H3,(H2,18,19). The van der Waals surface area contributed by atoms with Crippen LogP contribution in [-0.2, 0) is 0 Å². The molecule has 0 radical (unpaired) electrons. The molecule has 1 spiro atoms. The lowest BCUT2D eigenvalue weighted by atomic mass is 9.69. The van der Waals surface area contributed by atoms with Crippen LogP contribution in [0.4, 0.5) is 5.69 Å². The van der Waals surface area contributed by atoms with Crippen molar-refractivity contribution in [3.63, 3.8) is 0 Å². The van der Waals surface area contributed by atoms with Gasteiger partial charge in [-0.3, -0.25) is 4.99 Å². The molecule has 3 nitrogen and oxygen atoms in total. The van der Waals surface area contributed by atoms with Crippen LogP contribution < -0.4 is 10.6 Å². The van der Waals surface area contributed by atoms with Crippen molar-refractivity contribution in [1.29, 1.82) is 0 Å². The molecule has 0 aromatic heterocycles. The molecule has 1 aromatic carbocycles. The van der Waals surface area contributed by atoms with Gasteiger partial charge < -0.3 is 10.6 Å². The van der Waals surface area contributed by atoms with E-state index < -0.39 is 0 Å². The summed E-state index contributed by atoms with van der Waals surface area (Å²) in [7, 11) is 0. The number of benzene rings is 1. The molecule has 1 aliphatic carbocycles. The Bertz CT molecular complexity index is 523. The minimum Gasteiger partial charge on any atom is -0.369 e. The van der Waals surface area contributed by atoms with E-state index in [1.54, 1.807) is 0 Å². The fraction of sp³-hybridized carbons (Fsp3) is 0.562. The van der Waals surface area contributed by atoms with E-state index in [4.69, 9.17) is 5.73 Å². The molecule has 2 N–H and O–H groups in total. The number of halogens is 1. The molecule has 2 aliphatic rings. The quantitative estimate of drug-likeness (QED) is 0.844. The van der Waals surface area contributed by atoms with Gasteiger partial charge in [0.25, 0.3) is 0 Å². The van der Waals surface area contributed by atoms with Crippen LogP contribution in [0, 0.1) is 5.41 Å². The van der Waals surface area contributed by atoms with Gasteiger partial charge in [-0.25, -0.2) is 0 Å². The summed E-state index contributed by atoms with van der Waals surface area (Å²) in [6, 6.07) is 8.39. The molecule has 0 saturated heterocycles. The maximum absolute atomic E-state index is 6.19. The first-order chi connectivity index (χ1) is 9.42. The molecule has 1 aromatic rings. The molecule has 20 heavy (non-hydrogen) atoms. The van der Waals surface area contributed by atoms with E-state index >= 15 is 0 Å². The third-order valence-corrected chi connectivity index (χ3v) is 5.39. The molecule has 0 amide bonds. The van der Waals surface area contributed by atoms with E-state index in [9.17, 15) is 0 Å². The summed E-state index contributed by atoms with van der Waals surface area (Å²) in [4.78, 5) is 6.82. The first-order valence-corrected chi connectivity index (χ1v) is 8.07. The number of nitrogens with zero attached hydrogens (tertiary/aromatic N) is 2. The van der Waals surface area contributed by atoms with Crippen LogP contribution in [0.25, 0.3) is 0 Å². The third kappa shape index (κ3) is 2.34. The second-order valence-electron chi connectivity index (χ2n) is 6.87. The second-order valence-corrected chi connectivity index (χ2v) is 7.79. The summed E-state index contributed by atoms with van der Waals surface area (Å²) in [6.45, 7) is 5.57. The van der Waals surface area contributed by atoms with Crippen molar-refractivity contribution in [2.75, 3.05) is 11.4 Å². The lowest BCUT2D eigenvalue weighted by Crippen LogP contribution is -2.54. The molecule has 3 rings (SSSR count). The molecule has 0 atom stereocenters. The number of rotatable bonds is 1. The third-order valence-electron chi connectivity index (χ3n) is 4.86. The topological polar surface area (TPSA) is 41.6 Å². The van der Waals surface area contributed by atoms with Crippen molar-refractivity contribution in [2.24, 2.45) is 16.1 Å². The maximum Gasteiger partial charge on any atom is 0.196 e. The van der Waals surface area contributed by atoms with Gasteiger partial charge in [0.2, 0.25) is 0 Å². The molecule has 0 bridgehead atoms. The first-order valence-electron chi connectivity index (χ1n) is 7.28. The van der Waals surface area contributed by atoms with Gasteiger partial charge in [0.05, 0.1) is 12.1 Å². The average molecular weight is 336 g/mol. The molecule has 4 heteroatoms. The molecule has 0 unspecified atom stereocenters. The summed E-state index contributed by atoms with van der Waals surface area (Å²) in [5.74, 6) is 0.673. The summed E-state index contributed by atoms with van der Waals surface area (Å²) < 4.78 is 1.09. The van der Waals surface area contributed by atoms with E-state index in [-0.39, 0.29) is 5.54 Å². The number of guanidine groups is 1. The van der Waals surface area contributed by atoms with Crippen LogP contribution in [0.2, 0.25) is 0 Å². The Morgan fingerprint density at radius 1 is 1.10 bits per heavy atom. The predicted octanol–water partition coefficient (Wildman–Crippen LogP) is 3.92. The Morgan fingerprint density at radius 3 is 2.30 bits per heavy atom. The number of hydrogen-bond donors (Lipinski definition) is 1. The number of hydrogen-bond acceptors (Lipinski definition) is 3. The second kappa shape index (κ2) is 4.76. The molecule has 1 saturated carbocycles. The van der Waals surface area contributed by atoms with E-state index in [0.717, 1.165) is 16.7 Å². The zero-order valence-corrected chi connectivity index (χ0v) is 13.8. The first kappa shape index (κ1) is 13.9. The SMILES string of the molecule is CC1(C)CCC2(CC1)CN=C(N)N2c1ccc(Br)cc1. The predicted molar refractivity (Wildman–Crippen MR) is 88.1 cm³/mol. The molecule has 1 aliphatic heterocycles. The Morgan fingerprint density at radius 2 is 1.70 bits per heavy atom. The monoisotopic (exact) mass is 335 g/mol. The number of nitrogens with two attached hydrogens (primary N) is 1. The van der Waals surface area contributed by atoms with Gasteiger partial charge in [-0.15, -0.1) is 0 Å². The molecular formula is C16H22BrN3. The molecule has 1 heterocycles. The highest BCUT2D eigenvalue weighted by atomic mass is 79.9. The normalized spacial score (nSPS) is 23.9. The van der Waals surface area contributed by atoms with Crippen molar-refractivity contribution in [1.82, 2.24) is 0 Å². The van der Waals surface area contributed by atoms with Gasteiger partial charge in [0.15, 0.2) is 5.96 Å². The van der Waals surface area contributed by atoms with Crippen LogP contribution in [0.5, 0.6) is 0 Å². The Hall–Kier alpha value is -1.03. The molecule has 108 valence electrons. The lowest BCUT2D eigenvalue weighted by molar-refractivity contribution is 0.176. The zero-order chi connectivity index (χ0) is 14.4. The maximum atomic E-state index is 6.19. The van der Waals surface area contributed by atoms with Crippen LogP contribution in [0.15, 0.2) is 33.7 Å². The highest BCUT2D eigenvalue weighted by molar-refractivity contribution is 9.10. The highest BCUT2D eigenvalue weighted by Gasteiger charge is 2.46. The van der Waals surface area contributed by atoms with E-state index in [1.807, 2.05) is 0 Å². The summed E-state index contributed by atoms with van der Waals surface area (Å²) in [5.41, 5.74) is 7.90. The Kier molecular flexibility index (Phi) is 3.32. The van der Waals surface area contributed by atoms with Crippen molar-refractivity contribution in [2.45, 2.75) is 45.1 Å². The van der Waals surface area contributed by atoms with Gasteiger partial charge in [-0.1, -0.05) is 29.8 Å². The number of aliphatic imine (C=N–C) groups is 1. The number of anilines is 1. The molecule has 1 fully saturated rings. The lowest BCUT2D eigenvalue weighted by Gasteiger charge is -2.46. The van der Waals surface area contributed by atoms with Crippen molar-refractivity contribution >= 4 is 27.6 Å². The summed E-state index contributed by atoms with van der Waals surface area (Å²) >= 11 is 3.49. The smallest absolute Gasteiger partial charge is 0.196 e. The Balaban J connectivity index is 1.91. The van der Waals surface area contributed by atoms with E-state index in [0.29, 0.717) is 11.4 Å². The van der Waals surface area contributed by atoms with Gasteiger partial charge in [0, 0.05) is 10.2 Å². The minimum absolute atomic E-state index is 0.105. The van der Waals surface area contributed by atoms with E-state index in [1.165, 1.54) is 25.7 Å². The van der Waals surface area contributed by atoms with Crippen LogP contribution >= 0.6 is 15.9 Å². The Labute approximate surface area is 129 Å². The minimum atomic E-state index is 0.105. The molecular weight excluding hydrogens is 314 g/mol. The van der Waals surface area contributed by atoms with Crippen molar-refractivity contribution in [3.8, 4) is 0 Å². The largest absolute Gasteiger partial charge is 0.369 e. The van der Waals surface area contributed by atoms with Crippen LogP contribution in [0.3, 0.4) is 0 Å².